The summed E-state index contributed by atoms with van der Waals surface area (Å²) in [6, 6.07) is 0. The summed E-state index contributed by atoms with van der Waals surface area (Å²) in [7, 11) is 0. The van der Waals surface area contributed by atoms with Crippen LogP contribution in [0.15, 0.2) is 12.2 Å². The Morgan fingerprint density at radius 3 is 1.68 bits per heavy atom. The van der Waals surface area contributed by atoms with E-state index in [1.165, 1.54) is 70.6 Å². The van der Waals surface area contributed by atoms with Crippen LogP contribution in [0.2, 0.25) is 0 Å². The first-order valence-electron chi connectivity index (χ1n) is 10.6. The first-order valence-corrected chi connectivity index (χ1v) is 10.6. The van der Waals surface area contributed by atoms with E-state index in [0.29, 0.717) is 13.0 Å². The molecule has 0 fully saturated rings. The van der Waals surface area contributed by atoms with Gasteiger partial charge in [0.2, 0.25) is 5.91 Å². The SMILES string of the molecule is CCCCCCCC/C=C\CCCCCCCC(N)=O.CCC[NH2+][O-]. The van der Waals surface area contributed by atoms with Gasteiger partial charge in [-0.3, -0.25) is 4.79 Å². The Bertz CT molecular complexity index is 279. The smallest absolute Gasteiger partial charge is 0.217 e. The largest absolute Gasteiger partial charge is 0.636 e. The molecule has 0 radical (unpaired) electrons. The lowest BCUT2D eigenvalue weighted by Gasteiger charge is -1.99. The molecule has 4 heteroatoms. The lowest BCUT2D eigenvalue weighted by Crippen LogP contribution is -2.77. The molecule has 25 heavy (non-hydrogen) atoms. The molecule has 0 aromatic carbocycles. The van der Waals surface area contributed by atoms with Crippen LogP contribution < -0.4 is 11.2 Å². The molecule has 0 aliphatic heterocycles. The molecule has 150 valence electrons. The number of allylic oxidation sites excluding steroid dienone is 2. The number of quaternary nitrogens is 1. The van der Waals surface area contributed by atoms with Gasteiger partial charge in [0.15, 0.2) is 0 Å². The van der Waals surface area contributed by atoms with Crippen molar-refractivity contribution in [3.63, 3.8) is 0 Å². The van der Waals surface area contributed by atoms with Crippen LogP contribution in [0.5, 0.6) is 0 Å². The van der Waals surface area contributed by atoms with Gasteiger partial charge in [0.25, 0.3) is 0 Å². The second kappa shape index (κ2) is 25.4. The molecule has 0 aromatic heterocycles. The fourth-order valence-electron chi connectivity index (χ4n) is 2.49. The first kappa shape index (κ1) is 26.4. The number of carbonyl (C=O) groups excluding carboxylic acids is 1. The number of hydrogen-bond donors (Lipinski definition) is 2. The molecule has 1 amide bonds. The number of carbonyl (C=O) groups is 1. The van der Waals surface area contributed by atoms with Crippen molar-refractivity contribution >= 4 is 5.91 Å². The Kier molecular flexibility index (Phi) is 26.8. The number of nitrogens with two attached hydrogens (primary N) is 2. The lowest BCUT2D eigenvalue weighted by molar-refractivity contribution is -0.588. The Morgan fingerprint density at radius 2 is 1.28 bits per heavy atom. The summed E-state index contributed by atoms with van der Waals surface area (Å²) >= 11 is 0. The van der Waals surface area contributed by atoms with Gasteiger partial charge < -0.3 is 16.4 Å². The normalized spacial score (nSPS) is 10.7. The van der Waals surface area contributed by atoms with E-state index in [-0.39, 0.29) is 5.91 Å². The second-order valence-corrected chi connectivity index (χ2v) is 6.76. The predicted octanol–water partition coefficient (Wildman–Crippen LogP) is 4.97. The maximum Gasteiger partial charge on any atom is 0.217 e. The summed E-state index contributed by atoms with van der Waals surface area (Å²) in [5.41, 5.74) is 6.03. The van der Waals surface area contributed by atoms with Crippen molar-refractivity contribution in [3.05, 3.63) is 17.4 Å². The average molecular weight is 357 g/mol. The third-order valence-electron chi connectivity index (χ3n) is 4.09. The highest BCUT2D eigenvalue weighted by atomic mass is 16.5. The van der Waals surface area contributed by atoms with E-state index in [4.69, 9.17) is 5.73 Å². The van der Waals surface area contributed by atoms with Crippen LogP contribution in [0.1, 0.15) is 110 Å². The van der Waals surface area contributed by atoms with Gasteiger partial charge in [0, 0.05) is 6.42 Å². The van der Waals surface area contributed by atoms with Gasteiger partial charge in [0.1, 0.15) is 0 Å². The van der Waals surface area contributed by atoms with Gasteiger partial charge in [-0.15, -0.1) is 0 Å². The Labute approximate surface area is 156 Å². The molecule has 0 bridgehead atoms. The van der Waals surface area contributed by atoms with Gasteiger partial charge in [0.05, 0.1) is 6.54 Å². The minimum atomic E-state index is -0.164. The lowest BCUT2D eigenvalue weighted by atomic mass is 10.1. The zero-order valence-electron chi connectivity index (χ0n) is 16.9. The molecule has 0 aromatic rings. The van der Waals surface area contributed by atoms with E-state index in [1.54, 1.807) is 0 Å². The quantitative estimate of drug-likeness (QED) is 0.219. The van der Waals surface area contributed by atoms with Crippen molar-refractivity contribution in [2.45, 2.75) is 110 Å². The maximum atomic E-state index is 10.5. The van der Waals surface area contributed by atoms with E-state index in [2.05, 4.69) is 19.1 Å². The van der Waals surface area contributed by atoms with Crippen LogP contribution in [0.4, 0.5) is 0 Å². The second-order valence-electron chi connectivity index (χ2n) is 6.76. The average Bonchev–Trinajstić information content (AvgIpc) is 2.59. The highest BCUT2D eigenvalue weighted by Crippen LogP contribution is 2.09. The van der Waals surface area contributed by atoms with E-state index in [0.717, 1.165) is 24.7 Å². The Hall–Kier alpha value is -0.870. The van der Waals surface area contributed by atoms with Crippen LogP contribution in [-0.4, -0.2) is 12.5 Å². The molecule has 0 atom stereocenters. The van der Waals surface area contributed by atoms with Crippen LogP contribution in [0.3, 0.4) is 0 Å². The van der Waals surface area contributed by atoms with Crippen molar-refractivity contribution in [1.29, 1.82) is 0 Å². The molecular weight excluding hydrogens is 312 g/mol. The molecular formula is C21H44N2O2. The molecule has 0 saturated heterocycles. The molecule has 0 heterocycles. The fraction of sp³-hybridized carbons (Fsp3) is 0.857. The fourth-order valence-corrected chi connectivity index (χ4v) is 2.49. The molecule has 0 unspecified atom stereocenters. The molecule has 4 N–H and O–H groups in total. The Balaban J connectivity index is 0. The number of amides is 1. The zero-order valence-corrected chi connectivity index (χ0v) is 16.9. The summed E-state index contributed by atoms with van der Waals surface area (Å²) in [5.74, 6) is -0.164. The van der Waals surface area contributed by atoms with Gasteiger partial charge in [-0.1, -0.05) is 77.4 Å². The molecule has 4 nitrogen and oxygen atoms in total. The number of hydrogen-bond acceptors (Lipinski definition) is 2. The van der Waals surface area contributed by atoms with Crippen molar-refractivity contribution in [3.8, 4) is 0 Å². The molecule has 0 aliphatic rings. The summed E-state index contributed by atoms with van der Waals surface area (Å²) in [4.78, 5) is 10.5. The van der Waals surface area contributed by atoms with E-state index in [1.807, 2.05) is 6.92 Å². The van der Waals surface area contributed by atoms with Crippen molar-refractivity contribution in [2.24, 2.45) is 5.73 Å². The van der Waals surface area contributed by atoms with Gasteiger partial charge >= 0.3 is 0 Å². The highest BCUT2D eigenvalue weighted by Gasteiger charge is 1.94. The van der Waals surface area contributed by atoms with E-state index < -0.39 is 0 Å². The zero-order chi connectivity index (χ0) is 19.0. The molecule has 0 rings (SSSR count). The van der Waals surface area contributed by atoms with Gasteiger partial charge in [-0.2, -0.15) is 0 Å². The van der Waals surface area contributed by atoms with Gasteiger partial charge in [-0.25, -0.2) is 0 Å². The summed E-state index contributed by atoms with van der Waals surface area (Å²) in [5, 5.41) is 9.40. The number of unbranched alkanes of at least 4 members (excludes halogenated alkanes) is 11. The maximum absolute atomic E-state index is 10.5. The van der Waals surface area contributed by atoms with Crippen LogP contribution in [0, 0.1) is 5.21 Å². The molecule has 0 saturated carbocycles. The standard InChI is InChI=1S/C18H35NO.C3H9NO/c1-2-3-4-5-6-7-8-9-10-11-12-13-14-15-16-17-18(19)20;1-2-3-4-5/h9-10H,2-8,11-17H2,1H3,(H2,19,20);2-4H2,1H3/b10-9-;. The summed E-state index contributed by atoms with van der Waals surface area (Å²) in [6.45, 7) is 4.95. The van der Waals surface area contributed by atoms with Gasteiger partial charge in [-0.05, 0) is 38.5 Å². The number of rotatable bonds is 17. The first-order chi connectivity index (χ1) is 12.2. The molecule has 0 aliphatic carbocycles. The third-order valence-corrected chi connectivity index (χ3v) is 4.09. The predicted molar refractivity (Wildman–Crippen MR) is 109 cm³/mol. The minimum absolute atomic E-state index is 0.164. The number of primary amides is 1. The van der Waals surface area contributed by atoms with E-state index >= 15 is 0 Å². The Morgan fingerprint density at radius 1 is 0.800 bits per heavy atom. The van der Waals surface area contributed by atoms with E-state index in [9.17, 15) is 10.0 Å². The molecule has 0 spiro atoms. The summed E-state index contributed by atoms with van der Waals surface area (Å²) < 4.78 is 0. The third kappa shape index (κ3) is 31.4. The monoisotopic (exact) mass is 356 g/mol. The van der Waals surface area contributed by atoms with Crippen LogP contribution >= 0.6 is 0 Å². The topological polar surface area (TPSA) is 82.8 Å². The van der Waals surface area contributed by atoms with Crippen molar-refractivity contribution in [2.75, 3.05) is 6.54 Å². The van der Waals surface area contributed by atoms with Crippen molar-refractivity contribution in [1.82, 2.24) is 0 Å². The van der Waals surface area contributed by atoms with Crippen LogP contribution in [0.25, 0.3) is 0 Å². The number of hydroxylamine groups is 1. The highest BCUT2D eigenvalue weighted by molar-refractivity contribution is 5.73. The minimum Gasteiger partial charge on any atom is -0.636 e. The van der Waals surface area contributed by atoms with Crippen LogP contribution in [-0.2, 0) is 4.79 Å². The summed E-state index contributed by atoms with van der Waals surface area (Å²) in [6.07, 6.45) is 22.9. The van der Waals surface area contributed by atoms with Crippen molar-refractivity contribution < 1.29 is 10.3 Å².